The van der Waals surface area contributed by atoms with Crippen molar-refractivity contribution in [2.24, 2.45) is 0 Å². The number of ether oxygens (including phenoxy) is 3. The van der Waals surface area contributed by atoms with Crippen LogP contribution in [0.3, 0.4) is 0 Å². The van der Waals surface area contributed by atoms with Gasteiger partial charge in [-0.3, -0.25) is 4.79 Å². The van der Waals surface area contributed by atoms with Crippen molar-refractivity contribution in [3.8, 4) is 34.5 Å². The van der Waals surface area contributed by atoms with E-state index in [1.165, 1.54) is 6.33 Å². The van der Waals surface area contributed by atoms with Gasteiger partial charge in [-0.2, -0.15) is 5.10 Å². The zero-order valence-electron chi connectivity index (χ0n) is 20.9. The lowest BCUT2D eigenvalue weighted by Gasteiger charge is -2.13. The van der Waals surface area contributed by atoms with Crippen molar-refractivity contribution in [1.82, 2.24) is 14.6 Å². The Balaban J connectivity index is 1.55. The number of aromatic nitrogens is 3. The van der Waals surface area contributed by atoms with E-state index in [1.807, 2.05) is 48.7 Å². The zero-order chi connectivity index (χ0) is 25.5. The summed E-state index contributed by atoms with van der Waals surface area (Å²) in [6.45, 7) is 6.30. The minimum absolute atomic E-state index is 0.218. The van der Waals surface area contributed by atoms with Gasteiger partial charge in [0.2, 0.25) is 0 Å². The van der Waals surface area contributed by atoms with E-state index in [0.717, 1.165) is 39.2 Å². The van der Waals surface area contributed by atoms with Gasteiger partial charge in [0.1, 0.15) is 24.4 Å². The van der Waals surface area contributed by atoms with Crippen LogP contribution in [0.5, 0.6) is 11.5 Å². The second-order valence-corrected chi connectivity index (χ2v) is 8.28. The van der Waals surface area contributed by atoms with Crippen LogP contribution in [0.4, 0.5) is 0 Å². The fourth-order valence-electron chi connectivity index (χ4n) is 4.06. The smallest absolute Gasteiger partial charge is 0.307 e. The van der Waals surface area contributed by atoms with Gasteiger partial charge >= 0.3 is 5.97 Å². The van der Waals surface area contributed by atoms with Crippen LogP contribution in [0.15, 0.2) is 61.1 Å². The van der Waals surface area contributed by atoms with E-state index in [9.17, 15) is 4.79 Å². The Hall–Kier alpha value is -4.31. The molecule has 0 radical (unpaired) electrons. The molecule has 0 amide bonds. The van der Waals surface area contributed by atoms with Crippen molar-refractivity contribution in [1.29, 1.82) is 0 Å². The van der Waals surface area contributed by atoms with Crippen LogP contribution >= 0.6 is 0 Å². The average Bonchev–Trinajstić information content (AvgIpc) is 3.37. The largest absolute Gasteiger partial charge is 0.497 e. The standard InChI is InChI=1S/C29H29N3O4/c1-5-7-22(15-28(33)35-6-2)21-9-12-25(13-10-21)36-18-24-14-23(17-32-29(24)30-19-31-32)27-16-26(34-4)11-8-20(27)3/h8-14,16-17,19,22H,6,15,18H2,1-4H3. The highest BCUT2D eigenvalue weighted by atomic mass is 16.5. The highest BCUT2D eigenvalue weighted by Crippen LogP contribution is 2.30. The lowest BCUT2D eigenvalue weighted by Crippen LogP contribution is -2.09. The summed E-state index contributed by atoms with van der Waals surface area (Å²) in [5.74, 6) is 7.03. The molecule has 0 spiro atoms. The Kier molecular flexibility index (Phi) is 7.86. The van der Waals surface area contributed by atoms with E-state index in [4.69, 9.17) is 14.2 Å². The van der Waals surface area contributed by atoms with Gasteiger partial charge in [-0.05, 0) is 67.8 Å². The van der Waals surface area contributed by atoms with Gasteiger partial charge in [0.05, 0.1) is 26.1 Å². The number of methoxy groups -OCH3 is 1. The second-order valence-electron chi connectivity index (χ2n) is 8.28. The minimum atomic E-state index is -0.256. The molecular formula is C29H29N3O4. The Morgan fingerprint density at radius 2 is 1.89 bits per heavy atom. The number of nitrogens with zero attached hydrogens (tertiary/aromatic N) is 3. The lowest BCUT2D eigenvalue weighted by molar-refractivity contribution is -0.143. The molecule has 4 aromatic rings. The van der Waals surface area contributed by atoms with Gasteiger partial charge < -0.3 is 14.2 Å². The van der Waals surface area contributed by atoms with Crippen molar-refractivity contribution < 1.29 is 19.0 Å². The van der Waals surface area contributed by atoms with Gasteiger partial charge in [0.25, 0.3) is 0 Å². The maximum atomic E-state index is 12.0. The summed E-state index contributed by atoms with van der Waals surface area (Å²) >= 11 is 0. The molecule has 2 heterocycles. The molecule has 0 N–H and O–H groups in total. The van der Waals surface area contributed by atoms with E-state index in [2.05, 4.69) is 34.9 Å². The van der Waals surface area contributed by atoms with Crippen molar-refractivity contribution >= 4 is 11.6 Å². The fraction of sp³-hybridized carbons (Fsp3) is 0.276. The molecule has 7 heteroatoms. The number of aryl methyl sites for hydroxylation is 1. The lowest BCUT2D eigenvalue weighted by atomic mass is 9.96. The maximum absolute atomic E-state index is 12.0. The van der Waals surface area contributed by atoms with E-state index in [1.54, 1.807) is 25.5 Å². The van der Waals surface area contributed by atoms with Gasteiger partial charge in [-0.15, -0.1) is 5.92 Å². The molecule has 4 rings (SSSR count). The molecule has 0 aliphatic heterocycles. The van der Waals surface area contributed by atoms with Gasteiger partial charge in [0, 0.05) is 17.3 Å². The summed E-state index contributed by atoms with van der Waals surface area (Å²) < 4.78 is 18.4. The predicted molar refractivity (Wildman–Crippen MR) is 138 cm³/mol. The normalized spacial score (nSPS) is 11.4. The number of carbonyl (C=O) groups is 1. The predicted octanol–water partition coefficient (Wildman–Crippen LogP) is 5.35. The Morgan fingerprint density at radius 3 is 2.61 bits per heavy atom. The number of hydrogen-bond acceptors (Lipinski definition) is 6. The molecule has 2 aromatic carbocycles. The van der Waals surface area contributed by atoms with Crippen LogP contribution in [0, 0.1) is 18.8 Å². The number of rotatable bonds is 9. The summed E-state index contributed by atoms with van der Waals surface area (Å²) in [7, 11) is 1.66. The zero-order valence-corrected chi connectivity index (χ0v) is 20.9. The van der Waals surface area contributed by atoms with Crippen LogP contribution in [-0.2, 0) is 16.1 Å². The quantitative estimate of drug-likeness (QED) is 0.236. The molecule has 184 valence electrons. The van der Waals surface area contributed by atoms with E-state index < -0.39 is 0 Å². The molecule has 0 bridgehead atoms. The highest BCUT2D eigenvalue weighted by Gasteiger charge is 2.15. The van der Waals surface area contributed by atoms with Crippen molar-refractivity contribution in [3.63, 3.8) is 0 Å². The van der Waals surface area contributed by atoms with Crippen molar-refractivity contribution in [2.45, 2.75) is 39.7 Å². The summed E-state index contributed by atoms with van der Waals surface area (Å²) in [6, 6.07) is 15.7. The molecule has 0 fully saturated rings. The van der Waals surface area contributed by atoms with Crippen molar-refractivity contribution in [2.75, 3.05) is 13.7 Å². The summed E-state index contributed by atoms with van der Waals surface area (Å²) in [5, 5.41) is 4.35. The molecule has 1 unspecified atom stereocenters. The minimum Gasteiger partial charge on any atom is -0.497 e. The number of hydrogen-bond donors (Lipinski definition) is 0. The molecule has 0 aliphatic rings. The van der Waals surface area contributed by atoms with Crippen LogP contribution in [-0.4, -0.2) is 34.3 Å². The van der Waals surface area contributed by atoms with Gasteiger partial charge in [-0.25, -0.2) is 9.50 Å². The molecule has 0 saturated carbocycles. The third-order valence-corrected chi connectivity index (χ3v) is 5.88. The third kappa shape index (κ3) is 5.66. The first kappa shape index (κ1) is 24.8. The topological polar surface area (TPSA) is 75.0 Å². The van der Waals surface area contributed by atoms with Crippen LogP contribution in [0.1, 0.15) is 42.9 Å². The number of fused-ring (bicyclic) bond motifs is 1. The van der Waals surface area contributed by atoms with E-state index >= 15 is 0 Å². The Morgan fingerprint density at radius 1 is 1.11 bits per heavy atom. The van der Waals surface area contributed by atoms with E-state index in [-0.39, 0.29) is 18.3 Å². The van der Waals surface area contributed by atoms with Crippen LogP contribution in [0.25, 0.3) is 16.8 Å². The summed E-state index contributed by atoms with van der Waals surface area (Å²) in [6.07, 6.45) is 3.71. The number of pyridine rings is 1. The second kappa shape index (κ2) is 11.4. The van der Waals surface area contributed by atoms with Gasteiger partial charge in [-0.1, -0.05) is 24.1 Å². The monoisotopic (exact) mass is 483 g/mol. The number of esters is 1. The Labute approximate surface area is 211 Å². The first-order chi connectivity index (χ1) is 17.5. The maximum Gasteiger partial charge on any atom is 0.307 e. The van der Waals surface area contributed by atoms with Crippen LogP contribution in [0.2, 0.25) is 0 Å². The van der Waals surface area contributed by atoms with Crippen molar-refractivity contribution in [3.05, 3.63) is 77.7 Å². The Bertz CT molecular complexity index is 1410. The third-order valence-electron chi connectivity index (χ3n) is 5.88. The molecular weight excluding hydrogens is 454 g/mol. The molecule has 7 nitrogen and oxygen atoms in total. The summed E-state index contributed by atoms with van der Waals surface area (Å²) in [4.78, 5) is 16.4. The SMILES string of the molecule is CC#CC(CC(=O)OCC)c1ccc(OCc2cc(-c3cc(OC)ccc3C)cn3ncnc23)cc1. The fourth-order valence-corrected chi connectivity index (χ4v) is 4.06. The first-order valence-corrected chi connectivity index (χ1v) is 11.8. The number of carbonyl (C=O) groups excluding carboxylic acids is 1. The molecule has 2 aromatic heterocycles. The van der Waals surface area contributed by atoms with Crippen LogP contribution < -0.4 is 9.47 Å². The molecule has 36 heavy (non-hydrogen) atoms. The molecule has 1 atom stereocenters. The highest BCUT2D eigenvalue weighted by molar-refractivity contribution is 5.72. The molecule has 0 aliphatic carbocycles. The van der Waals surface area contributed by atoms with E-state index in [0.29, 0.717) is 19.0 Å². The first-order valence-electron chi connectivity index (χ1n) is 11.8. The van der Waals surface area contributed by atoms with Gasteiger partial charge in [0.15, 0.2) is 5.65 Å². The summed E-state index contributed by atoms with van der Waals surface area (Å²) in [5.41, 5.74) is 5.78. The average molecular weight is 484 g/mol. The molecule has 0 saturated heterocycles. The number of benzene rings is 2.